The lowest BCUT2D eigenvalue weighted by atomic mass is 10.3. The number of nitrogens with two attached hydrogens (primary N) is 1. The molecule has 14 heavy (non-hydrogen) atoms. The first-order valence-electron chi connectivity index (χ1n) is 3.93. The molecule has 0 bridgehead atoms. The average Bonchev–Trinajstić information content (AvgIpc) is 2.20. The predicted molar refractivity (Wildman–Crippen MR) is 56.7 cm³/mol. The summed E-state index contributed by atoms with van der Waals surface area (Å²) in [6, 6.07) is 4.74. The molecule has 0 radical (unpaired) electrons. The van der Waals surface area contributed by atoms with Crippen molar-refractivity contribution in [3.05, 3.63) is 18.2 Å². The summed E-state index contributed by atoms with van der Waals surface area (Å²) < 4.78 is 4.92. The van der Waals surface area contributed by atoms with Crippen molar-refractivity contribution < 1.29 is 9.84 Å². The molecule has 1 rings (SSSR count). The Bertz CT molecular complexity index is 353. The van der Waals surface area contributed by atoms with E-state index in [0.29, 0.717) is 11.4 Å². The number of aliphatic imine (C=N–C) groups is 1. The highest BCUT2D eigenvalue weighted by Crippen LogP contribution is 2.30. The molecule has 0 aliphatic heterocycles. The fraction of sp³-hybridized carbons (Fsp3) is 0.222. The van der Waals surface area contributed by atoms with Crippen molar-refractivity contribution in [1.82, 2.24) is 0 Å². The van der Waals surface area contributed by atoms with Gasteiger partial charge >= 0.3 is 0 Å². The van der Waals surface area contributed by atoms with Gasteiger partial charge in [0.05, 0.1) is 13.0 Å². The summed E-state index contributed by atoms with van der Waals surface area (Å²) in [4.78, 5) is 3.91. The lowest BCUT2D eigenvalue weighted by Gasteiger charge is -2.03. The van der Waals surface area contributed by atoms with Crippen LogP contribution in [0.25, 0.3) is 0 Å². The smallest absolute Gasteiger partial charge is 0.144 e. The summed E-state index contributed by atoms with van der Waals surface area (Å²) in [6.07, 6.45) is 0. The molecule has 0 spiro atoms. The van der Waals surface area contributed by atoms with Gasteiger partial charge in [0.25, 0.3) is 0 Å². The normalized spacial score (nSPS) is 11.4. The summed E-state index contributed by atoms with van der Waals surface area (Å²) in [6.45, 7) is 0. The van der Waals surface area contributed by atoms with Gasteiger partial charge in [0.2, 0.25) is 0 Å². The fourth-order valence-corrected chi connectivity index (χ4v) is 0.969. The third-order valence-corrected chi connectivity index (χ3v) is 1.86. The van der Waals surface area contributed by atoms with Crippen LogP contribution >= 0.6 is 11.6 Å². The molecule has 0 atom stereocenters. The second-order valence-corrected chi connectivity index (χ2v) is 2.86. The van der Waals surface area contributed by atoms with Gasteiger partial charge in [0.15, 0.2) is 0 Å². The fourth-order valence-electron chi connectivity index (χ4n) is 0.909. The molecule has 1 aromatic carbocycles. The molecular formula is C9H11ClN2O2. The van der Waals surface area contributed by atoms with Crippen molar-refractivity contribution in [3.8, 4) is 11.5 Å². The maximum Gasteiger partial charge on any atom is 0.144 e. The summed E-state index contributed by atoms with van der Waals surface area (Å²) in [5.74, 6) is 0.960. The maximum atomic E-state index is 9.48. The predicted octanol–water partition coefficient (Wildman–Crippen LogP) is 1.63. The van der Waals surface area contributed by atoms with Crippen LogP contribution in [0.15, 0.2) is 23.2 Å². The Morgan fingerprint density at radius 2 is 2.36 bits per heavy atom. The van der Waals surface area contributed by atoms with E-state index in [2.05, 4.69) is 4.99 Å². The van der Waals surface area contributed by atoms with Crippen LogP contribution in [0.2, 0.25) is 0 Å². The highest BCUT2D eigenvalue weighted by atomic mass is 35.5. The van der Waals surface area contributed by atoms with Crippen LogP contribution in [0.3, 0.4) is 0 Å². The number of phenolic OH excluding ortho intramolecular Hbond substituents is 1. The van der Waals surface area contributed by atoms with Gasteiger partial charge in [-0.15, -0.1) is 11.6 Å². The molecule has 76 valence electrons. The topological polar surface area (TPSA) is 67.8 Å². The molecular weight excluding hydrogens is 204 g/mol. The van der Waals surface area contributed by atoms with Crippen LogP contribution in [-0.4, -0.2) is 23.9 Å². The number of halogens is 1. The molecule has 0 saturated heterocycles. The molecule has 3 N–H and O–H groups in total. The number of amidine groups is 1. The number of phenols is 1. The SMILES string of the molecule is COc1ccc(N=C(N)CCl)c(O)c1. The Balaban J connectivity index is 3.00. The zero-order valence-corrected chi connectivity index (χ0v) is 8.45. The van der Waals surface area contributed by atoms with Crippen LogP contribution in [0.4, 0.5) is 5.69 Å². The number of rotatable bonds is 3. The third-order valence-electron chi connectivity index (χ3n) is 1.58. The molecule has 0 saturated carbocycles. The van der Waals surface area contributed by atoms with E-state index in [0.717, 1.165) is 0 Å². The number of hydrogen-bond donors (Lipinski definition) is 2. The van der Waals surface area contributed by atoms with Gasteiger partial charge in [0.1, 0.15) is 23.0 Å². The van der Waals surface area contributed by atoms with Crippen molar-refractivity contribution in [2.75, 3.05) is 13.0 Å². The standard InChI is InChI=1S/C9H11ClN2O2/c1-14-6-2-3-7(8(13)4-6)12-9(11)5-10/h2-4,13H,5H2,1H3,(H2,11,12). The Morgan fingerprint density at radius 1 is 1.64 bits per heavy atom. The molecule has 0 unspecified atom stereocenters. The molecule has 0 heterocycles. The number of nitrogens with zero attached hydrogens (tertiary/aromatic N) is 1. The quantitative estimate of drug-likeness (QED) is 0.457. The molecule has 5 heteroatoms. The largest absolute Gasteiger partial charge is 0.506 e. The van der Waals surface area contributed by atoms with Crippen LogP contribution in [0.5, 0.6) is 11.5 Å². The molecule has 0 amide bonds. The Morgan fingerprint density at radius 3 is 2.86 bits per heavy atom. The minimum Gasteiger partial charge on any atom is -0.506 e. The monoisotopic (exact) mass is 214 g/mol. The zero-order chi connectivity index (χ0) is 10.6. The minimum atomic E-state index is 0.0115. The number of aromatic hydroxyl groups is 1. The van der Waals surface area contributed by atoms with Gasteiger partial charge in [-0.3, -0.25) is 0 Å². The Labute approximate surface area is 87.0 Å². The van der Waals surface area contributed by atoms with Crippen LogP contribution < -0.4 is 10.5 Å². The van der Waals surface area contributed by atoms with Crippen molar-refractivity contribution in [2.45, 2.75) is 0 Å². The number of alkyl halides is 1. The molecule has 1 aromatic rings. The van der Waals surface area contributed by atoms with E-state index in [1.807, 2.05) is 0 Å². The first kappa shape index (κ1) is 10.7. The Kier molecular flexibility index (Phi) is 3.59. The van der Waals surface area contributed by atoms with Crippen molar-refractivity contribution in [3.63, 3.8) is 0 Å². The van der Waals surface area contributed by atoms with E-state index < -0.39 is 0 Å². The Hall–Kier alpha value is -1.42. The maximum absolute atomic E-state index is 9.48. The number of methoxy groups -OCH3 is 1. The van der Waals surface area contributed by atoms with E-state index in [-0.39, 0.29) is 17.5 Å². The van der Waals surface area contributed by atoms with Crippen LogP contribution in [0, 0.1) is 0 Å². The number of benzene rings is 1. The minimum absolute atomic E-state index is 0.0115. The second-order valence-electron chi connectivity index (χ2n) is 2.59. The van der Waals surface area contributed by atoms with Crippen LogP contribution in [-0.2, 0) is 0 Å². The summed E-state index contributed by atoms with van der Waals surface area (Å²) in [5.41, 5.74) is 5.80. The lowest BCUT2D eigenvalue weighted by Crippen LogP contribution is -2.12. The van der Waals surface area contributed by atoms with Crippen molar-refractivity contribution in [1.29, 1.82) is 0 Å². The highest BCUT2D eigenvalue weighted by Gasteiger charge is 2.01. The van der Waals surface area contributed by atoms with Crippen LogP contribution in [0.1, 0.15) is 0 Å². The second kappa shape index (κ2) is 4.72. The van der Waals surface area contributed by atoms with Gasteiger partial charge in [-0.2, -0.15) is 0 Å². The summed E-state index contributed by atoms with van der Waals surface area (Å²) in [7, 11) is 1.52. The first-order valence-corrected chi connectivity index (χ1v) is 4.47. The average molecular weight is 215 g/mol. The first-order chi connectivity index (χ1) is 6.67. The van der Waals surface area contributed by atoms with E-state index in [9.17, 15) is 5.11 Å². The van der Waals surface area contributed by atoms with E-state index >= 15 is 0 Å². The van der Waals surface area contributed by atoms with Crippen molar-refractivity contribution >= 4 is 23.1 Å². The summed E-state index contributed by atoms with van der Waals surface area (Å²) >= 11 is 5.45. The molecule has 0 aromatic heterocycles. The number of ether oxygens (including phenoxy) is 1. The lowest BCUT2D eigenvalue weighted by molar-refractivity contribution is 0.408. The van der Waals surface area contributed by atoms with Gasteiger partial charge in [-0.1, -0.05) is 0 Å². The van der Waals surface area contributed by atoms with Gasteiger partial charge in [-0.25, -0.2) is 4.99 Å². The molecule has 0 fully saturated rings. The zero-order valence-electron chi connectivity index (χ0n) is 7.70. The molecule has 0 aliphatic carbocycles. The van der Waals surface area contributed by atoms with E-state index in [1.165, 1.54) is 13.2 Å². The van der Waals surface area contributed by atoms with E-state index in [4.69, 9.17) is 22.1 Å². The van der Waals surface area contributed by atoms with Gasteiger partial charge < -0.3 is 15.6 Å². The number of hydrogen-bond acceptors (Lipinski definition) is 3. The van der Waals surface area contributed by atoms with E-state index in [1.54, 1.807) is 12.1 Å². The van der Waals surface area contributed by atoms with Gasteiger partial charge in [0, 0.05) is 6.07 Å². The summed E-state index contributed by atoms with van der Waals surface area (Å²) in [5, 5.41) is 9.48. The third kappa shape index (κ3) is 2.53. The highest BCUT2D eigenvalue weighted by molar-refractivity contribution is 6.28. The van der Waals surface area contributed by atoms with Gasteiger partial charge in [-0.05, 0) is 12.1 Å². The van der Waals surface area contributed by atoms with Crippen molar-refractivity contribution in [2.24, 2.45) is 10.7 Å². The molecule has 4 nitrogen and oxygen atoms in total. The molecule has 0 aliphatic rings.